The van der Waals surface area contributed by atoms with Crippen LogP contribution in [0.15, 0.2) is 24.3 Å². The Morgan fingerprint density at radius 1 is 1.54 bits per heavy atom. The zero-order valence-electron chi connectivity index (χ0n) is 7.33. The lowest BCUT2D eigenvalue weighted by Crippen LogP contribution is -2.04. The number of hydrogen-bond acceptors (Lipinski definition) is 1. The van der Waals surface area contributed by atoms with Gasteiger partial charge >= 0.3 is 5.97 Å². The van der Waals surface area contributed by atoms with Crippen LogP contribution >= 0.6 is 22.6 Å². The van der Waals surface area contributed by atoms with Gasteiger partial charge < -0.3 is 5.11 Å². The first kappa shape index (κ1) is 10.5. The smallest absolute Gasteiger partial charge is 0.303 e. The standard InChI is InChI=1S/C10H11IO2/c1-7(6-10(12)13)8-4-2-3-5-9(8)11/h2-5,7H,6H2,1H3,(H,12,13)/t7-/m1/s1. The topological polar surface area (TPSA) is 37.3 Å². The third kappa shape index (κ3) is 2.99. The maximum absolute atomic E-state index is 10.5. The third-order valence-corrected chi connectivity index (χ3v) is 2.90. The monoisotopic (exact) mass is 290 g/mol. The lowest BCUT2D eigenvalue weighted by Gasteiger charge is -2.10. The van der Waals surface area contributed by atoms with Gasteiger partial charge in [-0.1, -0.05) is 25.1 Å². The summed E-state index contributed by atoms with van der Waals surface area (Å²) >= 11 is 2.23. The van der Waals surface area contributed by atoms with Gasteiger partial charge in [-0.25, -0.2) is 0 Å². The van der Waals surface area contributed by atoms with Crippen molar-refractivity contribution in [2.24, 2.45) is 0 Å². The molecule has 0 bridgehead atoms. The Morgan fingerprint density at radius 3 is 2.69 bits per heavy atom. The maximum atomic E-state index is 10.5. The highest BCUT2D eigenvalue weighted by atomic mass is 127. The number of carbonyl (C=O) groups is 1. The Kier molecular flexibility index (Phi) is 3.71. The molecule has 0 aromatic heterocycles. The SMILES string of the molecule is C[C@H](CC(=O)O)c1ccccc1I. The van der Waals surface area contributed by atoms with Gasteiger partial charge in [0.05, 0.1) is 6.42 Å². The summed E-state index contributed by atoms with van der Waals surface area (Å²) in [5, 5.41) is 8.63. The number of rotatable bonds is 3. The molecule has 0 aliphatic heterocycles. The average molecular weight is 290 g/mol. The van der Waals surface area contributed by atoms with E-state index in [0.29, 0.717) is 0 Å². The molecule has 0 saturated carbocycles. The summed E-state index contributed by atoms with van der Waals surface area (Å²) < 4.78 is 1.13. The van der Waals surface area contributed by atoms with Gasteiger partial charge in [-0.15, -0.1) is 0 Å². The van der Waals surface area contributed by atoms with Gasteiger partial charge in [-0.3, -0.25) is 4.79 Å². The summed E-state index contributed by atoms with van der Waals surface area (Å²) in [5.74, 6) is -0.655. The first-order valence-electron chi connectivity index (χ1n) is 4.07. The molecule has 0 spiro atoms. The molecule has 1 rings (SSSR count). The van der Waals surface area contributed by atoms with E-state index in [1.807, 2.05) is 31.2 Å². The first-order chi connectivity index (χ1) is 6.11. The molecular formula is C10H11IO2. The minimum Gasteiger partial charge on any atom is -0.481 e. The fraction of sp³-hybridized carbons (Fsp3) is 0.300. The number of carboxylic acids is 1. The number of carboxylic acid groups (broad SMARTS) is 1. The molecule has 0 fully saturated rings. The van der Waals surface area contributed by atoms with E-state index in [0.717, 1.165) is 9.13 Å². The molecule has 2 nitrogen and oxygen atoms in total. The largest absolute Gasteiger partial charge is 0.481 e. The Hall–Kier alpha value is -0.580. The van der Waals surface area contributed by atoms with E-state index in [1.165, 1.54) is 0 Å². The van der Waals surface area contributed by atoms with Gasteiger partial charge in [0.15, 0.2) is 0 Å². The molecule has 1 aromatic rings. The molecule has 0 radical (unpaired) electrons. The summed E-state index contributed by atoms with van der Waals surface area (Å²) in [7, 11) is 0. The van der Waals surface area contributed by atoms with Crippen LogP contribution in [0.25, 0.3) is 0 Å². The van der Waals surface area contributed by atoms with Gasteiger partial charge in [0.25, 0.3) is 0 Å². The van der Waals surface area contributed by atoms with Crippen LogP contribution in [0.1, 0.15) is 24.8 Å². The minimum atomic E-state index is -0.743. The van der Waals surface area contributed by atoms with E-state index in [2.05, 4.69) is 22.6 Å². The highest BCUT2D eigenvalue weighted by Gasteiger charge is 2.11. The predicted octanol–water partition coefficient (Wildman–Crippen LogP) is 2.87. The molecule has 1 N–H and O–H groups in total. The molecule has 1 atom stereocenters. The van der Waals surface area contributed by atoms with Gasteiger partial charge in [-0.2, -0.15) is 0 Å². The second-order valence-corrected chi connectivity index (χ2v) is 4.18. The average Bonchev–Trinajstić information content (AvgIpc) is 2.03. The lowest BCUT2D eigenvalue weighted by atomic mass is 9.98. The minimum absolute atomic E-state index is 0.0885. The van der Waals surface area contributed by atoms with Crippen LogP contribution in [0, 0.1) is 3.57 Å². The number of halogens is 1. The van der Waals surface area contributed by atoms with Crippen molar-refractivity contribution in [1.82, 2.24) is 0 Å². The van der Waals surface area contributed by atoms with Crippen LogP contribution in [0.5, 0.6) is 0 Å². The van der Waals surface area contributed by atoms with E-state index >= 15 is 0 Å². The van der Waals surface area contributed by atoms with Crippen LogP contribution < -0.4 is 0 Å². The maximum Gasteiger partial charge on any atom is 0.303 e. The second kappa shape index (κ2) is 4.60. The van der Waals surface area contributed by atoms with Gasteiger partial charge in [0.2, 0.25) is 0 Å². The Bertz CT molecular complexity index is 310. The zero-order valence-corrected chi connectivity index (χ0v) is 9.48. The van der Waals surface area contributed by atoms with Crippen LogP contribution in [0.2, 0.25) is 0 Å². The van der Waals surface area contributed by atoms with Crippen LogP contribution in [0.3, 0.4) is 0 Å². The third-order valence-electron chi connectivity index (χ3n) is 1.92. The fourth-order valence-electron chi connectivity index (χ4n) is 1.25. The van der Waals surface area contributed by atoms with Crippen molar-refractivity contribution in [3.05, 3.63) is 33.4 Å². The molecule has 3 heteroatoms. The Morgan fingerprint density at radius 2 is 2.15 bits per heavy atom. The predicted molar refractivity (Wildman–Crippen MR) is 59.8 cm³/mol. The van der Waals surface area contributed by atoms with E-state index in [-0.39, 0.29) is 12.3 Å². The van der Waals surface area contributed by atoms with E-state index in [1.54, 1.807) is 0 Å². The normalized spacial score (nSPS) is 12.5. The summed E-state index contributed by atoms with van der Waals surface area (Å²) in [6.45, 7) is 1.94. The summed E-state index contributed by atoms with van der Waals surface area (Å²) in [5.41, 5.74) is 1.12. The second-order valence-electron chi connectivity index (χ2n) is 3.02. The quantitative estimate of drug-likeness (QED) is 0.869. The highest BCUT2D eigenvalue weighted by molar-refractivity contribution is 14.1. The molecule has 70 valence electrons. The zero-order chi connectivity index (χ0) is 9.84. The van der Waals surface area contributed by atoms with E-state index in [4.69, 9.17) is 5.11 Å². The van der Waals surface area contributed by atoms with Crippen LogP contribution in [0.4, 0.5) is 0 Å². The van der Waals surface area contributed by atoms with Crippen LogP contribution in [-0.4, -0.2) is 11.1 Å². The van der Waals surface area contributed by atoms with Crippen LogP contribution in [-0.2, 0) is 4.79 Å². The molecule has 0 unspecified atom stereocenters. The molecule has 13 heavy (non-hydrogen) atoms. The van der Waals surface area contributed by atoms with Gasteiger partial charge in [0, 0.05) is 3.57 Å². The fourth-order valence-corrected chi connectivity index (χ4v) is 2.17. The molecular weight excluding hydrogens is 279 g/mol. The molecule has 0 aliphatic carbocycles. The van der Waals surface area contributed by atoms with Crippen molar-refractivity contribution in [2.75, 3.05) is 0 Å². The van der Waals surface area contributed by atoms with Crippen molar-refractivity contribution < 1.29 is 9.90 Å². The van der Waals surface area contributed by atoms with Crippen molar-refractivity contribution in [2.45, 2.75) is 19.3 Å². The first-order valence-corrected chi connectivity index (χ1v) is 5.15. The summed E-state index contributed by atoms with van der Waals surface area (Å²) in [4.78, 5) is 10.5. The molecule has 1 aromatic carbocycles. The van der Waals surface area contributed by atoms with Crippen molar-refractivity contribution in [3.63, 3.8) is 0 Å². The van der Waals surface area contributed by atoms with Gasteiger partial charge in [-0.05, 0) is 40.1 Å². The van der Waals surface area contributed by atoms with Crippen molar-refractivity contribution in [3.8, 4) is 0 Å². The highest BCUT2D eigenvalue weighted by Crippen LogP contribution is 2.23. The van der Waals surface area contributed by atoms with Crippen molar-refractivity contribution in [1.29, 1.82) is 0 Å². The van der Waals surface area contributed by atoms with E-state index in [9.17, 15) is 4.79 Å². The summed E-state index contributed by atoms with van der Waals surface area (Å²) in [6.07, 6.45) is 0.194. The number of benzene rings is 1. The summed E-state index contributed by atoms with van der Waals surface area (Å²) in [6, 6.07) is 7.87. The lowest BCUT2D eigenvalue weighted by molar-refractivity contribution is -0.137. The molecule has 0 aliphatic rings. The van der Waals surface area contributed by atoms with Crippen molar-refractivity contribution >= 4 is 28.6 Å². The molecule has 0 amide bonds. The Balaban J connectivity index is 2.82. The molecule has 0 saturated heterocycles. The number of hydrogen-bond donors (Lipinski definition) is 1. The van der Waals surface area contributed by atoms with E-state index < -0.39 is 5.97 Å². The molecule has 0 heterocycles. The Labute approximate surface area is 91.1 Å². The van der Waals surface area contributed by atoms with Gasteiger partial charge in [0.1, 0.15) is 0 Å². The number of aliphatic carboxylic acids is 1.